The van der Waals surface area contributed by atoms with E-state index >= 15 is 0 Å². The largest absolute Gasteiger partial charge is 0.449 e. The van der Waals surface area contributed by atoms with Crippen LogP contribution in [0.15, 0.2) is 15.8 Å². The quantitative estimate of drug-likeness (QED) is 0.899. The Kier molecular flexibility index (Phi) is 3.73. The summed E-state index contributed by atoms with van der Waals surface area (Å²) in [5, 5.41) is 0. The van der Waals surface area contributed by atoms with E-state index in [0.717, 1.165) is 4.57 Å². The third-order valence-corrected chi connectivity index (χ3v) is 2.78. The maximum atomic E-state index is 12.3. The van der Waals surface area contributed by atoms with E-state index in [1.54, 1.807) is 13.8 Å². The minimum absolute atomic E-state index is 0.219. The van der Waals surface area contributed by atoms with Gasteiger partial charge in [0, 0.05) is 6.04 Å². The van der Waals surface area contributed by atoms with Gasteiger partial charge in [0.05, 0.1) is 12.8 Å². The fourth-order valence-electron chi connectivity index (χ4n) is 1.94. The Hall–Kier alpha value is -2.38. The number of aromatic amines is 1. The zero-order chi connectivity index (χ0) is 14.9. The number of fused-ring (bicyclic) bond motifs is 1. The molecule has 0 atom stereocenters. The van der Waals surface area contributed by atoms with Gasteiger partial charge < -0.3 is 4.74 Å². The lowest BCUT2D eigenvalue weighted by molar-refractivity contribution is 0.148. The smallest absolute Gasteiger partial charge is 0.422 e. The van der Waals surface area contributed by atoms with Crippen molar-refractivity contribution < 1.29 is 9.53 Å². The summed E-state index contributed by atoms with van der Waals surface area (Å²) in [6.07, 6.45) is 1.08. The molecule has 0 saturated carbocycles. The molecule has 0 aromatic carbocycles. The zero-order valence-electron chi connectivity index (χ0n) is 11.5. The maximum absolute atomic E-state index is 12.3. The van der Waals surface area contributed by atoms with Crippen LogP contribution in [0.25, 0.3) is 11.2 Å². The molecule has 2 aromatic rings. The highest BCUT2D eigenvalue weighted by Gasteiger charge is 2.21. The lowest BCUT2D eigenvalue weighted by atomic mass is 10.4. The Morgan fingerprint density at radius 2 is 2.15 bits per heavy atom. The number of imidazole rings is 1. The van der Waals surface area contributed by atoms with E-state index in [0.29, 0.717) is 6.42 Å². The van der Waals surface area contributed by atoms with Crippen molar-refractivity contribution in [1.82, 2.24) is 19.1 Å². The fourth-order valence-corrected chi connectivity index (χ4v) is 1.94. The van der Waals surface area contributed by atoms with E-state index in [4.69, 9.17) is 4.74 Å². The van der Waals surface area contributed by atoms with Crippen molar-refractivity contribution in [3.63, 3.8) is 0 Å². The zero-order valence-corrected chi connectivity index (χ0v) is 11.5. The first-order chi connectivity index (χ1) is 9.47. The Bertz CT molecular complexity index is 753. The van der Waals surface area contributed by atoms with Crippen molar-refractivity contribution in [3.8, 4) is 0 Å². The van der Waals surface area contributed by atoms with Gasteiger partial charge in [-0.1, -0.05) is 6.92 Å². The van der Waals surface area contributed by atoms with Crippen LogP contribution in [0.2, 0.25) is 0 Å². The van der Waals surface area contributed by atoms with E-state index in [-0.39, 0.29) is 23.8 Å². The van der Waals surface area contributed by atoms with Crippen molar-refractivity contribution in [3.05, 3.63) is 27.2 Å². The van der Waals surface area contributed by atoms with Gasteiger partial charge in [0.1, 0.15) is 11.2 Å². The minimum Gasteiger partial charge on any atom is -0.449 e. The Balaban J connectivity index is 2.72. The maximum Gasteiger partial charge on any atom is 0.422 e. The van der Waals surface area contributed by atoms with Crippen molar-refractivity contribution in [1.29, 1.82) is 0 Å². The second-order valence-electron chi connectivity index (χ2n) is 4.62. The van der Waals surface area contributed by atoms with Crippen molar-refractivity contribution >= 4 is 17.3 Å². The van der Waals surface area contributed by atoms with Gasteiger partial charge in [-0.15, -0.1) is 0 Å². The molecule has 0 saturated heterocycles. The van der Waals surface area contributed by atoms with Crippen LogP contribution in [0.5, 0.6) is 0 Å². The molecule has 0 aliphatic heterocycles. The van der Waals surface area contributed by atoms with Crippen LogP contribution in [0.4, 0.5) is 4.79 Å². The number of hydrogen-bond acceptors (Lipinski definition) is 5. The van der Waals surface area contributed by atoms with E-state index in [9.17, 15) is 14.4 Å². The molecule has 0 unspecified atom stereocenters. The summed E-state index contributed by atoms with van der Waals surface area (Å²) in [6.45, 7) is 5.63. The van der Waals surface area contributed by atoms with Crippen LogP contribution >= 0.6 is 0 Å². The lowest BCUT2D eigenvalue weighted by Crippen LogP contribution is -2.30. The molecule has 2 rings (SSSR count). The summed E-state index contributed by atoms with van der Waals surface area (Å²) in [5.74, 6) is 0. The number of ether oxygens (including phenoxy) is 1. The van der Waals surface area contributed by atoms with Crippen LogP contribution in [-0.4, -0.2) is 31.8 Å². The molecule has 8 heteroatoms. The Morgan fingerprint density at radius 1 is 1.45 bits per heavy atom. The number of nitrogens with zero attached hydrogens (tertiary/aromatic N) is 3. The molecule has 0 aliphatic carbocycles. The summed E-state index contributed by atoms with van der Waals surface area (Å²) >= 11 is 0. The summed E-state index contributed by atoms with van der Waals surface area (Å²) in [7, 11) is 0. The number of H-pyrrole nitrogens is 1. The molecule has 0 spiro atoms. The number of carbonyl (C=O) groups is 1. The second kappa shape index (κ2) is 5.32. The van der Waals surface area contributed by atoms with E-state index in [1.807, 2.05) is 6.92 Å². The van der Waals surface area contributed by atoms with Crippen LogP contribution < -0.4 is 11.4 Å². The molecule has 0 amide bonds. The van der Waals surface area contributed by atoms with Gasteiger partial charge in [0.25, 0.3) is 0 Å². The SMILES string of the molecule is CCCOC(=O)n1c(=O)n(C(C)C)c2[nH]c(=O)ncc21. The lowest BCUT2D eigenvalue weighted by Gasteiger charge is -2.05. The third-order valence-electron chi connectivity index (χ3n) is 2.78. The fraction of sp³-hybridized carbons (Fsp3) is 0.500. The molecule has 0 bridgehead atoms. The van der Waals surface area contributed by atoms with E-state index in [1.165, 1.54) is 10.8 Å². The summed E-state index contributed by atoms with van der Waals surface area (Å²) in [6, 6.07) is -0.219. The molecule has 20 heavy (non-hydrogen) atoms. The first-order valence-corrected chi connectivity index (χ1v) is 6.36. The van der Waals surface area contributed by atoms with Crippen molar-refractivity contribution in [2.45, 2.75) is 33.2 Å². The summed E-state index contributed by atoms with van der Waals surface area (Å²) in [5.41, 5.74) is -0.645. The summed E-state index contributed by atoms with van der Waals surface area (Å²) < 4.78 is 7.19. The molecular formula is C12H16N4O4. The van der Waals surface area contributed by atoms with Crippen molar-refractivity contribution in [2.24, 2.45) is 0 Å². The average molecular weight is 280 g/mol. The van der Waals surface area contributed by atoms with Crippen molar-refractivity contribution in [2.75, 3.05) is 6.61 Å². The van der Waals surface area contributed by atoms with Gasteiger partial charge in [-0.05, 0) is 20.3 Å². The third kappa shape index (κ3) is 2.24. The molecule has 8 nitrogen and oxygen atoms in total. The van der Waals surface area contributed by atoms with Gasteiger partial charge in [-0.25, -0.2) is 14.4 Å². The van der Waals surface area contributed by atoms with E-state index < -0.39 is 17.5 Å². The number of rotatable bonds is 3. The molecular weight excluding hydrogens is 264 g/mol. The average Bonchev–Trinajstić information content (AvgIpc) is 2.67. The van der Waals surface area contributed by atoms with Crippen LogP contribution in [0.1, 0.15) is 33.2 Å². The van der Waals surface area contributed by atoms with E-state index in [2.05, 4.69) is 9.97 Å². The molecule has 1 N–H and O–H groups in total. The number of hydrogen-bond donors (Lipinski definition) is 1. The minimum atomic E-state index is -0.768. The highest BCUT2D eigenvalue weighted by molar-refractivity contribution is 5.84. The molecule has 0 radical (unpaired) electrons. The predicted molar refractivity (Wildman–Crippen MR) is 72.0 cm³/mol. The van der Waals surface area contributed by atoms with Gasteiger partial charge in [0.15, 0.2) is 0 Å². The molecule has 0 fully saturated rings. The van der Waals surface area contributed by atoms with Gasteiger partial charge in [-0.3, -0.25) is 9.55 Å². The van der Waals surface area contributed by atoms with Crippen LogP contribution in [0.3, 0.4) is 0 Å². The number of nitrogens with one attached hydrogen (secondary N) is 1. The number of carbonyl (C=O) groups excluding carboxylic acids is 1. The molecule has 2 heterocycles. The standard InChI is InChI=1S/C12H16N4O4/c1-4-5-20-12(19)16-8-6-13-10(17)14-9(8)15(7(2)3)11(16)18/h6-7H,4-5H2,1-3H3,(H,13,14,17). The topological polar surface area (TPSA) is 99.0 Å². The van der Waals surface area contributed by atoms with Crippen LogP contribution in [-0.2, 0) is 4.74 Å². The molecule has 108 valence electrons. The second-order valence-corrected chi connectivity index (χ2v) is 4.62. The summed E-state index contributed by atoms with van der Waals surface area (Å²) in [4.78, 5) is 41.6. The Labute approximate surface area is 114 Å². The van der Waals surface area contributed by atoms with Gasteiger partial charge in [0.2, 0.25) is 0 Å². The van der Waals surface area contributed by atoms with Crippen LogP contribution in [0, 0.1) is 0 Å². The highest BCUT2D eigenvalue weighted by atomic mass is 16.5. The highest BCUT2D eigenvalue weighted by Crippen LogP contribution is 2.12. The monoisotopic (exact) mass is 280 g/mol. The normalized spacial score (nSPS) is 11.2. The first-order valence-electron chi connectivity index (χ1n) is 6.36. The van der Waals surface area contributed by atoms with Gasteiger partial charge >= 0.3 is 17.5 Å². The predicted octanol–water partition coefficient (Wildman–Crippen LogP) is 0.862. The number of aromatic nitrogens is 4. The van der Waals surface area contributed by atoms with Gasteiger partial charge in [-0.2, -0.15) is 9.55 Å². The molecule has 2 aromatic heterocycles. The first kappa shape index (κ1) is 14.0. The molecule has 0 aliphatic rings. The Morgan fingerprint density at radius 3 is 2.75 bits per heavy atom.